The van der Waals surface area contributed by atoms with Gasteiger partial charge in [0.15, 0.2) is 0 Å². The molecule has 0 radical (unpaired) electrons. The van der Waals surface area contributed by atoms with E-state index in [2.05, 4.69) is 72.5 Å². The monoisotopic (exact) mass is 260 g/mol. The maximum atomic E-state index is 3.52. The van der Waals surface area contributed by atoms with E-state index < -0.39 is 0 Å². The fourth-order valence-corrected chi connectivity index (χ4v) is 2.98. The first kappa shape index (κ1) is 11.4. The summed E-state index contributed by atoms with van der Waals surface area (Å²) in [4.78, 5) is 6.89. The van der Waals surface area contributed by atoms with Gasteiger partial charge in [0.25, 0.3) is 0 Å². The van der Waals surface area contributed by atoms with Gasteiger partial charge in [-0.25, -0.2) is 0 Å². The molecular formula is C18H16N2. The van der Waals surface area contributed by atoms with Gasteiger partial charge in [0.05, 0.1) is 0 Å². The highest BCUT2D eigenvalue weighted by Gasteiger charge is 2.10. The largest absolute Gasteiger partial charge is 0.360 e. The lowest BCUT2D eigenvalue weighted by Crippen LogP contribution is -1.78. The molecule has 0 bridgehead atoms. The van der Waals surface area contributed by atoms with Gasteiger partial charge in [0.2, 0.25) is 0 Å². The highest BCUT2D eigenvalue weighted by Crippen LogP contribution is 2.32. The van der Waals surface area contributed by atoms with Crippen LogP contribution in [0.1, 0.15) is 11.1 Å². The lowest BCUT2D eigenvalue weighted by atomic mass is 10.1. The number of aromatic amines is 2. The van der Waals surface area contributed by atoms with E-state index in [1.165, 1.54) is 44.2 Å². The van der Waals surface area contributed by atoms with Gasteiger partial charge >= 0.3 is 0 Å². The van der Waals surface area contributed by atoms with Crippen LogP contribution in [0, 0.1) is 13.8 Å². The minimum atomic E-state index is 1.17. The lowest BCUT2D eigenvalue weighted by Gasteiger charge is -1.99. The van der Waals surface area contributed by atoms with Gasteiger partial charge in [-0.2, -0.15) is 0 Å². The van der Waals surface area contributed by atoms with Crippen LogP contribution in [0.3, 0.4) is 0 Å². The molecule has 0 unspecified atom stereocenters. The van der Waals surface area contributed by atoms with Crippen molar-refractivity contribution in [2.24, 2.45) is 0 Å². The number of hydrogen-bond acceptors (Lipinski definition) is 0. The van der Waals surface area contributed by atoms with Gasteiger partial charge < -0.3 is 9.97 Å². The third kappa shape index (κ3) is 1.58. The first-order valence-corrected chi connectivity index (χ1v) is 6.89. The Hall–Kier alpha value is -2.48. The van der Waals surface area contributed by atoms with Gasteiger partial charge in [0.1, 0.15) is 0 Å². The molecule has 0 spiro atoms. The zero-order valence-electron chi connectivity index (χ0n) is 11.6. The highest BCUT2D eigenvalue weighted by atomic mass is 14.7. The van der Waals surface area contributed by atoms with Gasteiger partial charge in [-0.15, -0.1) is 0 Å². The SMILES string of the molecule is Cc1ccc2[nH]c(-c3c[nH]c4cccc(C)c34)cc2c1. The Balaban J connectivity index is 2.01. The molecule has 2 heteroatoms. The number of benzene rings is 2. The molecule has 2 N–H and O–H groups in total. The first-order chi connectivity index (χ1) is 9.72. The van der Waals surface area contributed by atoms with Crippen molar-refractivity contribution in [2.75, 3.05) is 0 Å². The molecule has 0 aliphatic carbocycles. The summed E-state index contributed by atoms with van der Waals surface area (Å²) in [7, 11) is 0. The topological polar surface area (TPSA) is 31.6 Å². The van der Waals surface area contributed by atoms with Crippen LogP contribution < -0.4 is 0 Å². The van der Waals surface area contributed by atoms with E-state index in [9.17, 15) is 0 Å². The second-order valence-electron chi connectivity index (χ2n) is 5.47. The van der Waals surface area contributed by atoms with Crippen LogP contribution in [-0.4, -0.2) is 9.97 Å². The first-order valence-electron chi connectivity index (χ1n) is 6.89. The van der Waals surface area contributed by atoms with Crippen molar-refractivity contribution < 1.29 is 0 Å². The average molecular weight is 260 g/mol. The summed E-state index contributed by atoms with van der Waals surface area (Å²) in [5, 5.41) is 2.57. The van der Waals surface area contributed by atoms with Gasteiger partial charge in [0, 0.05) is 39.3 Å². The maximum absolute atomic E-state index is 3.52. The average Bonchev–Trinajstić information content (AvgIpc) is 3.01. The summed E-state index contributed by atoms with van der Waals surface area (Å²) >= 11 is 0. The molecule has 2 nitrogen and oxygen atoms in total. The Labute approximate surface area is 117 Å². The van der Waals surface area contributed by atoms with Gasteiger partial charge in [-0.1, -0.05) is 23.8 Å². The zero-order valence-corrected chi connectivity index (χ0v) is 11.6. The van der Waals surface area contributed by atoms with Crippen LogP contribution in [0.5, 0.6) is 0 Å². The fraction of sp³-hybridized carbons (Fsp3) is 0.111. The number of fused-ring (bicyclic) bond motifs is 2. The molecule has 0 fully saturated rings. The number of aryl methyl sites for hydroxylation is 2. The minimum Gasteiger partial charge on any atom is -0.360 e. The second kappa shape index (κ2) is 4.01. The van der Waals surface area contributed by atoms with E-state index >= 15 is 0 Å². The number of H-pyrrole nitrogens is 2. The molecule has 0 atom stereocenters. The molecular weight excluding hydrogens is 244 g/mol. The summed E-state index contributed by atoms with van der Waals surface area (Å²) in [5.74, 6) is 0. The van der Waals surface area contributed by atoms with E-state index in [1.54, 1.807) is 0 Å². The Morgan fingerprint density at radius 3 is 2.70 bits per heavy atom. The Morgan fingerprint density at radius 2 is 1.80 bits per heavy atom. The van der Waals surface area contributed by atoms with Gasteiger partial charge in [-0.3, -0.25) is 0 Å². The van der Waals surface area contributed by atoms with E-state index in [1.807, 2.05) is 0 Å². The van der Waals surface area contributed by atoms with Crippen molar-refractivity contribution in [3.05, 3.63) is 59.8 Å². The van der Waals surface area contributed by atoms with Crippen molar-refractivity contribution in [1.29, 1.82) is 0 Å². The summed E-state index contributed by atoms with van der Waals surface area (Å²) in [6.45, 7) is 4.29. The van der Waals surface area contributed by atoms with Crippen LogP contribution in [0.4, 0.5) is 0 Å². The number of rotatable bonds is 1. The standard InChI is InChI=1S/C18H16N2/c1-11-6-7-15-13(8-11)9-17(20-15)14-10-19-16-5-3-4-12(2)18(14)16/h3-10,19-20H,1-2H3. The van der Waals surface area contributed by atoms with Crippen molar-refractivity contribution in [1.82, 2.24) is 9.97 Å². The predicted octanol–water partition coefficient (Wildman–Crippen LogP) is 4.93. The molecule has 20 heavy (non-hydrogen) atoms. The molecule has 2 heterocycles. The molecule has 2 aromatic carbocycles. The lowest BCUT2D eigenvalue weighted by molar-refractivity contribution is 1.43. The number of aromatic nitrogens is 2. The third-order valence-electron chi connectivity index (χ3n) is 3.98. The van der Waals surface area contributed by atoms with E-state index in [0.29, 0.717) is 0 Å². The fourth-order valence-electron chi connectivity index (χ4n) is 2.98. The van der Waals surface area contributed by atoms with E-state index in [0.717, 1.165) is 0 Å². The maximum Gasteiger partial charge on any atom is 0.0486 e. The molecule has 0 aliphatic rings. The van der Waals surface area contributed by atoms with E-state index in [4.69, 9.17) is 0 Å². The molecule has 0 saturated carbocycles. The normalized spacial score (nSPS) is 11.5. The number of nitrogens with one attached hydrogen (secondary N) is 2. The summed E-state index contributed by atoms with van der Waals surface area (Å²) < 4.78 is 0. The quantitative estimate of drug-likeness (QED) is 0.486. The zero-order chi connectivity index (χ0) is 13.7. The van der Waals surface area contributed by atoms with Crippen molar-refractivity contribution in [3.8, 4) is 11.3 Å². The van der Waals surface area contributed by atoms with Crippen LogP contribution >= 0.6 is 0 Å². The van der Waals surface area contributed by atoms with Crippen LogP contribution in [0.15, 0.2) is 48.7 Å². The molecule has 0 amide bonds. The smallest absolute Gasteiger partial charge is 0.0486 e. The summed E-state index contributed by atoms with van der Waals surface area (Å²) in [6, 6.07) is 15.1. The van der Waals surface area contributed by atoms with Gasteiger partial charge in [-0.05, 0) is 43.7 Å². The molecule has 4 rings (SSSR count). The predicted molar refractivity (Wildman–Crippen MR) is 85.1 cm³/mol. The molecule has 2 aromatic heterocycles. The molecule has 4 aromatic rings. The Kier molecular flexibility index (Phi) is 2.27. The van der Waals surface area contributed by atoms with Crippen molar-refractivity contribution in [2.45, 2.75) is 13.8 Å². The Bertz CT molecular complexity index is 925. The van der Waals surface area contributed by atoms with Crippen molar-refractivity contribution >= 4 is 21.8 Å². The minimum absolute atomic E-state index is 1.17. The summed E-state index contributed by atoms with van der Waals surface area (Å²) in [6.07, 6.45) is 2.09. The van der Waals surface area contributed by atoms with Crippen LogP contribution in [0.25, 0.3) is 33.1 Å². The second-order valence-corrected chi connectivity index (χ2v) is 5.47. The summed E-state index contributed by atoms with van der Waals surface area (Å²) in [5.41, 5.74) is 7.38. The van der Waals surface area contributed by atoms with Crippen LogP contribution in [0.2, 0.25) is 0 Å². The third-order valence-corrected chi connectivity index (χ3v) is 3.98. The molecule has 0 aliphatic heterocycles. The van der Waals surface area contributed by atoms with E-state index in [-0.39, 0.29) is 0 Å². The highest BCUT2D eigenvalue weighted by molar-refractivity contribution is 5.99. The molecule has 98 valence electrons. The Morgan fingerprint density at radius 1 is 0.900 bits per heavy atom. The molecule has 0 saturated heterocycles. The van der Waals surface area contributed by atoms with Crippen molar-refractivity contribution in [3.63, 3.8) is 0 Å². The van der Waals surface area contributed by atoms with Crippen LogP contribution in [-0.2, 0) is 0 Å². The number of hydrogen-bond donors (Lipinski definition) is 2.